The number of rotatable bonds is 4. The second-order valence-corrected chi connectivity index (χ2v) is 6.79. The molecule has 2 aromatic rings. The van der Waals surface area contributed by atoms with Crippen molar-refractivity contribution in [2.75, 3.05) is 13.1 Å². The molecule has 112 valence electrons. The molecular weight excluding hydrogens is 258 g/mol. The Bertz CT molecular complexity index is 586. The Balaban J connectivity index is 1.76. The van der Waals surface area contributed by atoms with Gasteiger partial charge in [0.05, 0.1) is 12.0 Å². The summed E-state index contributed by atoms with van der Waals surface area (Å²) in [5.74, 6) is 0.608. The Hall–Kier alpha value is -1.61. The fraction of sp³-hybridized carbons (Fsp3) is 0.500. The van der Waals surface area contributed by atoms with Crippen molar-refractivity contribution in [3.63, 3.8) is 0 Å². The summed E-state index contributed by atoms with van der Waals surface area (Å²) < 4.78 is 2.24. The summed E-state index contributed by atoms with van der Waals surface area (Å²) in [4.78, 5) is 6.86. The number of aryl methyl sites for hydroxylation is 1. The Labute approximate surface area is 127 Å². The summed E-state index contributed by atoms with van der Waals surface area (Å²) in [6.45, 7) is 11.2. The molecule has 0 N–H and O–H groups in total. The monoisotopic (exact) mass is 283 g/mol. The largest absolute Gasteiger partial charge is 0.334 e. The van der Waals surface area contributed by atoms with Crippen LogP contribution in [-0.2, 0) is 13.1 Å². The number of hydrogen-bond donors (Lipinski definition) is 0. The lowest BCUT2D eigenvalue weighted by molar-refractivity contribution is 0.276. The number of benzene rings is 1. The van der Waals surface area contributed by atoms with Gasteiger partial charge in [0.15, 0.2) is 0 Å². The molecule has 1 aromatic heterocycles. The number of likely N-dealkylation sites (tertiary alicyclic amines) is 1. The minimum Gasteiger partial charge on any atom is -0.334 e. The van der Waals surface area contributed by atoms with Gasteiger partial charge in [-0.1, -0.05) is 44.2 Å². The van der Waals surface area contributed by atoms with Crippen molar-refractivity contribution in [3.8, 4) is 0 Å². The van der Waals surface area contributed by atoms with Crippen molar-refractivity contribution in [1.29, 1.82) is 0 Å². The van der Waals surface area contributed by atoms with Gasteiger partial charge in [0.2, 0.25) is 0 Å². The van der Waals surface area contributed by atoms with E-state index in [0.717, 1.165) is 26.2 Å². The molecule has 21 heavy (non-hydrogen) atoms. The van der Waals surface area contributed by atoms with Gasteiger partial charge < -0.3 is 4.57 Å². The second-order valence-electron chi connectivity index (χ2n) is 6.79. The van der Waals surface area contributed by atoms with Crippen molar-refractivity contribution in [1.82, 2.24) is 14.5 Å². The van der Waals surface area contributed by atoms with E-state index in [2.05, 4.69) is 65.6 Å². The molecule has 1 fully saturated rings. The first kappa shape index (κ1) is 14.3. The van der Waals surface area contributed by atoms with Crippen LogP contribution in [-0.4, -0.2) is 27.5 Å². The van der Waals surface area contributed by atoms with Gasteiger partial charge in [0, 0.05) is 38.3 Å². The molecule has 3 nitrogen and oxygen atoms in total. The smallest absolute Gasteiger partial charge is 0.0948 e. The lowest BCUT2D eigenvalue weighted by atomic mass is 9.78. The van der Waals surface area contributed by atoms with Crippen molar-refractivity contribution < 1.29 is 0 Å². The van der Waals surface area contributed by atoms with Crippen molar-refractivity contribution in [3.05, 3.63) is 54.1 Å². The van der Waals surface area contributed by atoms with E-state index < -0.39 is 0 Å². The molecule has 1 atom stereocenters. The average molecular weight is 283 g/mol. The van der Waals surface area contributed by atoms with Crippen LogP contribution in [0.4, 0.5) is 0 Å². The van der Waals surface area contributed by atoms with Gasteiger partial charge in [-0.2, -0.15) is 0 Å². The van der Waals surface area contributed by atoms with Gasteiger partial charge in [0.25, 0.3) is 0 Å². The van der Waals surface area contributed by atoms with Crippen LogP contribution >= 0.6 is 0 Å². The maximum Gasteiger partial charge on any atom is 0.0948 e. The molecule has 1 aliphatic heterocycles. The molecule has 1 aromatic carbocycles. The number of nitrogens with zero attached hydrogens (tertiary/aromatic N) is 3. The van der Waals surface area contributed by atoms with Crippen molar-refractivity contribution >= 4 is 0 Å². The summed E-state index contributed by atoms with van der Waals surface area (Å²) in [5.41, 5.74) is 3.11. The zero-order valence-corrected chi connectivity index (χ0v) is 13.3. The normalized spacial score (nSPS) is 21.8. The summed E-state index contributed by atoms with van der Waals surface area (Å²) in [6.07, 6.45) is 3.94. The summed E-state index contributed by atoms with van der Waals surface area (Å²) in [5, 5.41) is 0. The van der Waals surface area contributed by atoms with E-state index in [1.54, 1.807) is 0 Å². The van der Waals surface area contributed by atoms with Gasteiger partial charge in [-0.3, -0.25) is 4.90 Å². The highest BCUT2D eigenvalue weighted by Gasteiger charge is 2.40. The Kier molecular flexibility index (Phi) is 3.85. The van der Waals surface area contributed by atoms with Gasteiger partial charge in [0.1, 0.15) is 0 Å². The van der Waals surface area contributed by atoms with Crippen LogP contribution in [0.2, 0.25) is 0 Å². The molecule has 1 saturated heterocycles. The van der Waals surface area contributed by atoms with Crippen LogP contribution in [0.15, 0.2) is 42.9 Å². The van der Waals surface area contributed by atoms with E-state index in [-0.39, 0.29) is 0 Å². The summed E-state index contributed by atoms with van der Waals surface area (Å²) in [7, 11) is 0. The van der Waals surface area contributed by atoms with E-state index >= 15 is 0 Å². The minimum atomic E-state index is 0.318. The maximum absolute atomic E-state index is 4.28. The first-order chi connectivity index (χ1) is 10.1. The van der Waals surface area contributed by atoms with E-state index in [4.69, 9.17) is 0 Å². The second kappa shape index (κ2) is 5.64. The van der Waals surface area contributed by atoms with Gasteiger partial charge in [-0.15, -0.1) is 0 Å². The predicted octanol–water partition coefficient (Wildman–Crippen LogP) is 3.53. The zero-order valence-electron chi connectivity index (χ0n) is 13.3. The number of aromatic nitrogens is 2. The Morgan fingerprint density at radius 1 is 1.24 bits per heavy atom. The van der Waals surface area contributed by atoms with E-state index in [9.17, 15) is 0 Å². The van der Waals surface area contributed by atoms with E-state index in [0.29, 0.717) is 11.3 Å². The van der Waals surface area contributed by atoms with Crippen molar-refractivity contribution in [2.45, 2.75) is 39.8 Å². The number of hydrogen-bond acceptors (Lipinski definition) is 2. The first-order valence-electron chi connectivity index (χ1n) is 7.86. The fourth-order valence-electron chi connectivity index (χ4n) is 3.61. The van der Waals surface area contributed by atoms with Gasteiger partial charge in [-0.25, -0.2) is 4.98 Å². The molecule has 3 heteroatoms. The quantitative estimate of drug-likeness (QED) is 0.856. The lowest BCUT2D eigenvalue weighted by Crippen LogP contribution is -2.24. The van der Waals surface area contributed by atoms with Crippen LogP contribution in [0.25, 0.3) is 0 Å². The molecule has 0 bridgehead atoms. The third-order valence-corrected chi connectivity index (χ3v) is 4.74. The molecule has 0 amide bonds. The lowest BCUT2D eigenvalue weighted by Gasteiger charge is -2.26. The Morgan fingerprint density at radius 3 is 2.71 bits per heavy atom. The van der Waals surface area contributed by atoms with E-state index in [1.807, 2.05) is 12.5 Å². The average Bonchev–Trinajstić information content (AvgIpc) is 3.03. The van der Waals surface area contributed by atoms with Gasteiger partial charge in [-0.05, 0) is 17.9 Å². The standard InChI is InChI=1S/C18H25N3/c1-4-21-14-19-10-16(21)11-20-12-17(18(2,3)13-20)15-8-6-5-7-9-15/h5-10,14,17H,4,11-13H2,1-3H3. The molecule has 0 spiro atoms. The van der Waals surface area contributed by atoms with Crippen LogP contribution in [0, 0.1) is 5.41 Å². The van der Waals surface area contributed by atoms with Crippen LogP contribution in [0.5, 0.6) is 0 Å². The van der Waals surface area contributed by atoms with Crippen LogP contribution in [0.3, 0.4) is 0 Å². The third-order valence-electron chi connectivity index (χ3n) is 4.74. The molecule has 0 aliphatic carbocycles. The molecular formula is C18H25N3. The van der Waals surface area contributed by atoms with Crippen LogP contribution in [0.1, 0.15) is 37.9 Å². The molecule has 3 rings (SSSR count). The molecule has 2 heterocycles. The topological polar surface area (TPSA) is 21.1 Å². The first-order valence-corrected chi connectivity index (χ1v) is 7.86. The highest BCUT2D eigenvalue weighted by atomic mass is 15.2. The van der Waals surface area contributed by atoms with Crippen molar-refractivity contribution in [2.24, 2.45) is 5.41 Å². The summed E-state index contributed by atoms with van der Waals surface area (Å²) >= 11 is 0. The Morgan fingerprint density at radius 2 is 2.00 bits per heavy atom. The van der Waals surface area contributed by atoms with Crippen LogP contribution < -0.4 is 0 Å². The minimum absolute atomic E-state index is 0.318. The highest BCUT2D eigenvalue weighted by molar-refractivity contribution is 5.24. The predicted molar refractivity (Wildman–Crippen MR) is 86.1 cm³/mol. The third kappa shape index (κ3) is 2.88. The molecule has 1 aliphatic rings. The highest BCUT2D eigenvalue weighted by Crippen LogP contribution is 2.42. The van der Waals surface area contributed by atoms with Gasteiger partial charge >= 0.3 is 0 Å². The molecule has 0 radical (unpaired) electrons. The maximum atomic E-state index is 4.28. The molecule has 0 saturated carbocycles. The molecule has 1 unspecified atom stereocenters. The fourth-order valence-corrected chi connectivity index (χ4v) is 3.61. The number of imidazole rings is 1. The SMILES string of the molecule is CCn1cncc1CN1CC(c2ccccc2)C(C)(C)C1. The van der Waals surface area contributed by atoms with E-state index in [1.165, 1.54) is 11.3 Å². The zero-order chi connectivity index (χ0) is 14.9. The summed E-state index contributed by atoms with van der Waals surface area (Å²) in [6, 6.07) is 10.9.